The number of hydrogen-bond donors (Lipinski definition) is 1. The zero-order chi connectivity index (χ0) is 17.5. The van der Waals surface area contributed by atoms with Crippen LogP contribution in [0.25, 0.3) is 0 Å². The number of carbonyl (C=O) groups is 1. The highest BCUT2D eigenvalue weighted by Gasteiger charge is 2.22. The maximum absolute atomic E-state index is 11.3. The van der Waals surface area contributed by atoms with Gasteiger partial charge in [0.25, 0.3) is 0 Å². The molecule has 1 amide bonds. The SMILES string of the molecule is CC(CCc1ccccc1OCC1CNC(=O)C1)CC1CCCCC1. The van der Waals surface area contributed by atoms with Crippen molar-refractivity contribution < 1.29 is 9.53 Å². The van der Waals surface area contributed by atoms with Gasteiger partial charge in [-0.3, -0.25) is 4.79 Å². The van der Waals surface area contributed by atoms with E-state index in [0.717, 1.165) is 30.6 Å². The number of para-hydroxylation sites is 1. The lowest BCUT2D eigenvalue weighted by Crippen LogP contribution is -2.17. The summed E-state index contributed by atoms with van der Waals surface area (Å²) >= 11 is 0. The van der Waals surface area contributed by atoms with E-state index in [4.69, 9.17) is 4.74 Å². The fraction of sp³-hybridized carbons (Fsp3) is 0.682. The van der Waals surface area contributed by atoms with Crippen LogP contribution in [-0.4, -0.2) is 19.1 Å². The largest absolute Gasteiger partial charge is 0.493 e. The lowest BCUT2D eigenvalue weighted by atomic mass is 9.82. The Balaban J connectivity index is 1.45. The number of ether oxygens (including phenoxy) is 1. The number of amides is 1. The maximum Gasteiger partial charge on any atom is 0.220 e. The number of rotatable bonds is 8. The van der Waals surface area contributed by atoms with Gasteiger partial charge in [0, 0.05) is 18.9 Å². The van der Waals surface area contributed by atoms with Gasteiger partial charge in [-0.15, -0.1) is 0 Å². The van der Waals surface area contributed by atoms with E-state index in [2.05, 4.69) is 30.4 Å². The minimum atomic E-state index is 0.151. The third-order valence-corrected chi connectivity index (χ3v) is 5.88. The number of benzene rings is 1. The molecule has 1 saturated heterocycles. The first-order valence-electron chi connectivity index (χ1n) is 10.2. The van der Waals surface area contributed by atoms with Crippen LogP contribution in [0.15, 0.2) is 24.3 Å². The zero-order valence-corrected chi connectivity index (χ0v) is 15.6. The minimum absolute atomic E-state index is 0.151. The van der Waals surface area contributed by atoms with Crippen LogP contribution in [0.4, 0.5) is 0 Å². The molecule has 0 aromatic heterocycles. The Morgan fingerprint density at radius 2 is 1.96 bits per heavy atom. The van der Waals surface area contributed by atoms with Crippen LogP contribution >= 0.6 is 0 Å². The predicted molar refractivity (Wildman–Crippen MR) is 102 cm³/mol. The van der Waals surface area contributed by atoms with Crippen molar-refractivity contribution in [2.24, 2.45) is 17.8 Å². The van der Waals surface area contributed by atoms with E-state index in [9.17, 15) is 4.79 Å². The number of hydrogen-bond acceptors (Lipinski definition) is 2. The van der Waals surface area contributed by atoms with Crippen LogP contribution in [0.2, 0.25) is 0 Å². The van der Waals surface area contributed by atoms with Gasteiger partial charge in [-0.1, -0.05) is 57.2 Å². The molecule has 3 heteroatoms. The third-order valence-electron chi connectivity index (χ3n) is 5.88. The van der Waals surface area contributed by atoms with Crippen molar-refractivity contribution in [2.75, 3.05) is 13.2 Å². The summed E-state index contributed by atoms with van der Waals surface area (Å²) < 4.78 is 6.06. The monoisotopic (exact) mass is 343 g/mol. The van der Waals surface area contributed by atoms with Gasteiger partial charge in [0.05, 0.1) is 6.61 Å². The van der Waals surface area contributed by atoms with E-state index in [0.29, 0.717) is 18.9 Å². The molecule has 0 radical (unpaired) electrons. The molecule has 1 aromatic rings. The molecule has 25 heavy (non-hydrogen) atoms. The van der Waals surface area contributed by atoms with Crippen molar-refractivity contribution in [1.82, 2.24) is 5.32 Å². The Bertz CT molecular complexity index is 551. The van der Waals surface area contributed by atoms with E-state index in [1.165, 1.54) is 50.5 Å². The van der Waals surface area contributed by atoms with Crippen molar-refractivity contribution in [3.8, 4) is 5.75 Å². The average molecular weight is 344 g/mol. The van der Waals surface area contributed by atoms with E-state index in [-0.39, 0.29) is 5.91 Å². The first-order valence-corrected chi connectivity index (χ1v) is 10.2. The van der Waals surface area contributed by atoms with Gasteiger partial charge in [0.2, 0.25) is 5.91 Å². The van der Waals surface area contributed by atoms with E-state index in [1.807, 2.05) is 6.07 Å². The molecule has 1 aliphatic carbocycles. The van der Waals surface area contributed by atoms with E-state index < -0.39 is 0 Å². The molecule has 2 fully saturated rings. The molecule has 0 spiro atoms. The molecule has 2 atom stereocenters. The van der Waals surface area contributed by atoms with Crippen LogP contribution in [0.5, 0.6) is 5.75 Å². The zero-order valence-electron chi connectivity index (χ0n) is 15.6. The molecular weight excluding hydrogens is 310 g/mol. The first kappa shape index (κ1) is 18.3. The summed E-state index contributed by atoms with van der Waals surface area (Å²) in [5.74, 6) is 3.21. The second-order valence-corrected chi connectivity index (χ2v) is 8.18. The van der Waals surface area contributed by atoms with Gasteiger partial charge in [-0.2, -0.15) is 0 Å². The first-order chi connectivity index (χ1) is 12.2. The third kappa shape index (κ3) is 5.76. The summed E-state index contributed by atoms with van der Waals surface area (Å²) in [6, 6.07) is 8.42. The Morgan fingerprint density at radius 1 is 1.16 bits per heavy atom. The van der Waals surface area contributed by atoms with Gasteiger partial charge < -0.3 is 10.1 Å². The van der Waals surface area contributed by atoms with Crippen LogP contribution in [0.3, 0.4) is 0 Å². The second-order valence-electron chi connectivity index (χ2n) is 8.18. The fourth-order valence-corrected chi connectivity index (χ4v) is 4.35. The summed E-state index contributed by atoms with van der Waals surface area (Å²) in [4.78, 5) is 11.3. The molecule has 2 unspecified atom stereocenters. The number of nitrogens with one attached hydrogen (secondary N) is 1. The highest BCUT2D eigenvalue weighted by atomic mass is 16.5. The van der Waals surface area contributed by atoms with Crippen LogP contribution < -0.4 is 10.1 Å². The molecule has 2 aliphatic rings. The quantitative estimate of drug-likeness (QED) is 0.740. The summed E-state index contributed by atoms with van der Waals surface area (Å²) in [6.45, 7) is 3.79. The molecule has 1 aliphatic heterocycles. The summed E-state index contributed by atoms with van der Waals surface area (Å²) in [6.07, 6.45) is 11.5. The van der Waals surface area contributed by atoms with Crippen molar-refractivity contribution >= 4 is 5.91 Å². The van der Waals surface area contributed by atoms with Crippen molar-refractivity contribution in [3.63, 3.8) is 0 Å². The van der Waals surface area contributed by atoms with Crippen molar-refractivity contribution in [1.29, 1.82) is 0 Å². The highest BCUT2D eigenvalue weighted by Crippen LogP contribution is 2.31. The van der Waals surface area contributed by atoms with Gasteiger partial charge in [0.15, 0.2) is 0 Å². The topological polar surface area (TPSA) is 38.3 Å². The molecule has 1 heterocycles. The van der Waals surface area contributed by atoms with E-state index >= 15 is 0 Å². The molecule has 0 bridgehead atoms. The minimum Gasteiger partial charge on any atom is -0.493 e. The number of carbonyl (C=O) groups excluding carboxylic acids is 1. The summed E-state index contributed by atoms with van der Waals surface area (Å²) in [5.41, 5.74) is 1.32. The Labute approximate surface area is 152 Å². The molecule has 3 nitrogen and oxygen atoms in total. The molecule has 3 rings (SSSR count). The van der Waals surface area contributed by atoms with Gasteiger partial charge in [-0.25, -0.2) is 0 Å². The van der Waals surface area contributed by atoms with Crippen LogP contribution in [0, 0.1) is 17.8 Å². The van der Waals surface area contributed by atoms with Gasteiger partial charge in [-0.05, 0) is 42.7 Å². The average Bonchev–Trinajstić information content (AvgIpc) is 3.05. The van der Waals surface area contributed by atoms with Gasteiger partial charge in [0.1, 0.15) is 5.75 Å². The Kier molecular flexibility index (Phi) is 6.77. The Morgan fingerprint density at radius 3 is 2.72 bits per heavy atom. The lowest BCUT2D eigenvalue weighted by molar-refractivity contribution is -0.119. The second kappa shape index (κ2) is 9.26. The standard InChI is InChI=1S/C22H33NO2/c1-17(13-18-7-3-2-4-8-18)11-12-20-9-5-6-10-21(20)25-16-19-14-22(24)23-15-19/h5-6,9-10,17-19H,2-4,7-8,11-16H2,1H3,(H,23,24). The summed E-state index contributed by atoms with van der Waals surface area (Å²) in [5, 5.41) is 2.88. The Hall–Kier alpha value is -1.51. The molecule has 1 aromatic carbocycles. The predicted octanol–water partition coefficient (Wildman–Crippen LogP) is 4.74. The highest BCUT2D eigenvalue weighted by molar-refractivity contribution is 5.78. The van der Waals surface area contributed by atoms with Crippen molar-refractivity contribution in [2.45, 2.75) is 64.7 Å². The van der Waals surface area contributed by atoms with Crippen LogP contribution in [0.1, 0.15) is 63.9 Å². The normalized spacial score (nSPS) is 22.6. The fourth-order valence-electron chi connectivity index (χ4n) is 4.35. The van der Waals surface area contributed by atoms with E-state index in [1.54, 1.807) is 0 Å². The van der Waals surface area contributed by atoms with Gasteiger partial charge >= 0.3 is 0 Å². The molecule has 138 valence electrons. The lowest BCUT2D eigenvalue weighted by Gasteiger charge is -2.24. The smallest absolute Gasteiger partial charge is 0.220 e. The number of aryl methyl sites for hydroxylation is 1. The van der Waals surface area contributed by atoms with Crippen LogP contribution in [-0.2, 0) is 11.2 Å². The maximum atomic E-state index is 11.3. The molecule has 1 saturated carbocycles. The molecule has 1 N–H and O–H groups in total. The summed E-state index contributed by atoms with van der Waals surface area (Å²) in [7, 11) is 0. The van der Waals surface area contributed by atoms with Crippen molar-refractivity contribution in [3.05, 3.63) is 29.8 Å². The molecular formula is C22H33NO2.